The standard InChI is InChI=1S/C21H22ClN3O2/c1-14(2)12-25(21(27)23-17-7-5-6-16(22)11-17)13-15-10-20(26)24-19-9-4-3-8-18(15)19/h3-11,14H,12-13H2,1-2H3,(H,23,27)(H,24,26). The van der Waals surface area contributed by atoms with Gasteiger partial charge in [0.2, 0.25) is 5.56 Å². The van der Waals surface area contributed by atoms with Crippen molar-refractivity contribution in [3.8, 4) is 0 Å². The zero-order valence-corrected chi connectivity index (χ0v) is 16.1. The second kappa shape index (κ2) is 8.27. The summed E-state index contributed by atoms with van der Waals surface area (Å²) in [6.45, 7) is 5.01. The number of hydrogen-bond donors (Lipinski definition) is 2. The molecule has 0 unspecified atom stereocenters. The van der Waals surface area contributed by atoms with Crippen molar-refractivity contribution in [2.24, 2.45) is 5.92 Å². The Labute approximate surface area is 163 Å². The van der Waals surface area contributed by atoms with Gasteiger partial charge in [0.25, 0.3) is 0 Å². The van der Waals surface area contributed by atoms with Gasteiger partial charge in [0.1, 0.15) is 0 Å². The van der Waals surface area contributed by atoms with Gasteiger partial charge in [-0.3, -0.25) is 4.79 Å². The fourth-order valence-electron chi connectivity index (χ4n) is 3.04. The summed E-state index contributed by atoms with van der Waals surface area (Å²) in [5.41, 5.74) is 2.04. The molecule has 27 heavy (non-hydrogen) atoms. The summed E-state index contributed by atoms with van der Waals surface area (Å²) in [7, 11) is 0. The van der Waals surface area contributed by atoms with Crippen molar-refractivity contribution < 1.29 is 4.79 Å². The van der Waals surface area contributed by atoms with Gasteiger partial charge in [0.05, 0.1) is 0 Å². The summed E-state index contributed by atoms with van der Waals surface area (Å²) < 4.78 is 0. The Balaban J connectivity index is 1.89. The zero-order chi connectivity index (χ0) is 19.4. The molecule has 1 heterocycles. The van der Waals surface area contributed by atoms with E-state index in [1.165, 1.54) is 0 Å². The van der Waals surface area contributed by atoms with Crippen molar-refractivity contribution >= 4 is 34.2 Å². The first-order valence-corrected chi connectivity index (χ1v) is 9.22. The van der Waals surface area contributed by atoms with Crippen molar-refractivity contribution in [3.05, 3.63) is 75.5 Å². The first-order valence-electron chi connectivity index (χ1n) is 8.85. The summed E-state index contributed by atoms with van der Waals surface area (Å²) in [5, 5.41) is 4.38. The van der Waals surface area contributed by atoms with Crippen LogP contribution in [0.25, 0.3) is 10.9 Å². The lowest BCUT2D eigenvalue weighted by Crippen LogP contribution is -2.37. The molecule has 0 aliphatic heterocycles. The van der Waals surface area contributed by atoms with Crippen LogP contribution in [0.3, 0.4) is 0 Å². The number of halogens is 1. The van der Waals surface area contributed by atoms with E-state index in [4.69, 9.17) is 11.6 Å². The molecular weight excluding hydrogens is 362 g/mol. The second-order valence-corrected chi connectivity index (χ2v) is 7.36. The number of benzene rings is 2. The number of H-pyrrole nitrogens is 1. The smallest absolute Gasteiger partial charge is 0.322 e. The van der Waals surface area contributed by atoms with Gasteiger partial charge in [-0.15, -0.1) is 0 Å². The van der Waals surface area contributed by atoms with Crippen LogP contribution in [0.4, 0.5) is 10.5 Å². The Bertz CT molecular complexity index is 1010. The fraction of sp³-hybridized carbons (Fsp3) is 0.238. The maximum atomic E-state index is 12.9. The van der Waals surface area contributed by atoms with E-state index in [1.807, 2.05) is 24.3 Å². The van der Waals surface area contributed by atoms with Crippen LogP contribution < -0.4 is 10.9 Å². The van der Waals surface area contributed by atoms with E-state index in [2.05, 4.69) is 24.1 Å². The molecule has 2 aromatic carbocycles. The van der Waals surface area contributed by atoms with E-state index in [-0.39, 0.29) is 17.5 Å². The Morgan fingerprint density at radius 3 is 2.67 bits per heavy atom. The van der Waals surface area contributed by atoms with Crippen LogP contribution in [-0.2, 0) is 6.54 Å². The molecule has 3 aromatic rings. The molecule has 0 aliphatic rings. The van der Waals surface area contributed by atoms with Crippen molar-refractivity contribution in [1.82, 2.24) is 9.88 Å². The molecule has 2 N–H and O–H groups in total. The maximum Gasteiger partial charge on any atom is 0.322 e. The van der Waals surface area contributed by atoms with E-state index < -0.39 is 0 Å². The number of nitrogens with one attached hydrogen (secondary N) is 2. The third-order valence-corrected chi connectivity index (χ3v) is 4.38. The molecule has 1 aromatic heterocycles. The molecule has 0 aliphatic carbocycles. The Hall–Kier alpha value is -2.79. The van der Waals surface area contributed by atoms with Gasteiger partial charge in [0.15, 0.2) is 0 Å². The van der Waals surface area contributed by atoms with Gasteiger partial charge >= 0.3 is 6.03 Å². The first-order chi connectivity index (χ1) is 12.9. The summed E-state index contributed by atoms with van der Waals surface area (Å²) in [6, 6.07) is 16.0. The van der Waals surface area contributed by atoms with Crippen LogP contribution in [0, 0.1) is 5.92 Å². The van der Waals surface area contributed by atoms with E-state index in [9.17, 15) is 9.59 Å². The van der Waals surface area contributed by atoms with Crippen LogP contribution in [0.5, 0.6) is 0 Å². The van der Waals surface area contributed by atoms with Crippen molar-refractivity contribution in [2.45, 2.75) is 20.4 Å². The Morgan fingerprint density at radius 2 is 1.93 bits per heavy atom. The summed E-state index contributed by atoms with van der Waals surface area (Å²) in [6.07, 6.45) is 0. The summed E-state index contributed by atoms with van der Waals surface area (Å²) in [4.78, 5) is 29.4. The minimum Gasteiger partial charge on any atom is -0.322 e. The monoisotopic (exact) mass is 383 g/mol. The van der Waals surface area contributed by atoms with Gasteiger partial charge in [-0.2, -0.15) is 0 Å². The molecule has 140 valence electrons. The first kappa shape index (κ1) is 19.0. The molecule has 5 nitrogen and oxygen atoms in total. The van der Waals surface area contributed by atoms with Gasteiger partial charge < -0.3 is 15.2 Å². The number of rotatable bonds is 5. The molecule has 0 atom stereocenters. The topological polar surface area (TPSA) is 65.2 Å². The Morgan fingerprint density at radius 1 is 1.15 bits per heavy atom. The van der Waals surface area contributed by atoms with Crippen LogP contribution >= 0.6 is 11.6 Å². The highest BCUT2D eigenvalue weighted by atomic mass is 35.5. The van der Waals surface area contributed by atoms with Crippen LogP contribution in [0.15, 0.2) is 59.4 Å². The van der Waals surface area contributed by atoms with Crippen molar-refractivity contribution in [1.29, 1.82) is 0 Å². The lowest BCUT2D eigenvalue weighted by molar-refractivity contribution is 0.202. The van der Waals surface area contributed by atoms with Crippen molar-refractivity contribution in [3.63, 3.8) is 0 Å². The number of nitrogens with zero attached hydrogens (tertiary/aromatic N) is 1. The predicted molar refractivity (Wildman–Crippen MR) is 110 cm³/mol. The quantitative estimate of drug-likeness (QED) is 0.660. The molecule has 6 heteroatoms. The van der Waals surface area contributed by atoms with Gasteiger partial charge in [-0.1, -0.05) is 49.7 Å². The molecule has 0 saturated carbocycles. The highest BCUT2D eigenvalue weighted by Gasteiger charge is 2.17. The van der Waals surface area contributed by atoms with Crippen LogP contribution in [-0.4, -0.2) is 22.5 Å². The van der Waals surface area contributed by atoms with E-state index in [1.54, 1.807) is 35.2 Å². The number of para-hydroxylation sites is 1. The lowest BCUT2D eigenvalue weighted by Gasteiger charge is -2.25. The molecular formula is C21H22ClN3O2. The molecule has 0 radical (unpaired) electrons. The number of carbonyl (C=O) groups excluding carboxylic acids is 1. The fourth-order valence-corrected chi connectivity index (χ4v) is 3.23. The van der Waals surface area contributed by atoms with Crippen molar-refractivity contribution in [2.75, 3.05) is 11.9 Å². The highest BCUT2D eigenvalue weighted by Crippen LogP contribution is 2.19. The lowest BCUT2D eigenvalue weighted by atomic mass is 10.1. The zero-order valence-electron chi connectivity index (χ0n) is 15.3. The number of pyridine rings is 1. The number of hydrogen-bond acceptors (Lipinski definition) is 2. The number of urea groups is 1. The number of aromatic amines is 1. The number of fused-ring (bicyclic) bond motifs is 1. The minimum absolute atomic E-state index is 0.177. The SMILES string of the molecule is CC(C)CN(Cc1cc(=O)[nH]c2ccccc12)C(=O)Nc1cccc(Cl)c1. The minimum atomic E-state index is -0.227. The summed E-state index contributed by atoms with van der Waals surface area (Å²) in [5.74, 6) is 0.281. The Kier molecular flexibility index (Phi) is 5.81. The third kappa shape index (κ3) is 4.89. The van der Waals surface area contributed by atoms with E-state index in [0.29, 0.717) is 23.8 Å². The summed E-state index contributed by atoms with van der Waals surface area (Å²) >= 11 is 6.00. The average Bonchev–Trinajstić information content (AvgIpc) is 2.60. The molecule has 2 amide bonds. The largest absolute Gasteiger partial charge is 0.322 e. The second-order valence-electron chi connectivity index (χ2n) is 6.92. The van der Waals surface area contributed by atoms with Gasteiger partial charge in [-0.25, -0.2) is 4.79 Å². The van der Waals surface area contributed by atoms with Gasteiger partial charge in [-0.05, 0) is 35.7 Å². The third-order valence-electron chi connectivity index (χ3n) is 4.15. The van der Waals surface area contributed by atoms with Gasteiger partial charge in [0, 0.05) is 40.8 Å². The molecule has 0 fully saturated rings. The molecule has 0 saturated heterocycles. The van der Waals surface area contributed by atoms with Crippen LogP contribution in [0.2, 0.25) is 5.02 Å². The molecule has 0 spiro atoms. The van der Waals surface area contributed by atoms with E-state index in [0.717, 1.165) is 16.5 Å². The highest BCUT2D eigenvalue weighted by molar-refractivity contribution is 6.30. The average molecular weight is 384 g/mol. The molecule has 3 rings (SSSR count). The normalized spacial score (nSPS) is 11.0. The number of anilines is 1. The predicted octanol–water partition coefficient (Wildman–Crippen LogP) is 4.87. The maximum absolute atomic E-state index is 12.9. The number of aromatic nitrogens is 1. The number of carbonyl (C=O) groups is 1. The molecule has 0 bridgehead atoms. The van der Waals surface area contributed by atoms with E-state index >= 15 is 0 Å². The van der Waals surface area contributed by atoms with Crippen LogP contribution in [0.1, 0.15) is 19.4 Å². The number of amides is 2.